The summed E-state index contributed by atoms with van der Waals surface area (Å²) in [6, 6.07) is 11.4. The summed E-state index contributed by atoms with van der Waals surface area (Å²) in [5, 5.41) is 4.27. The fraction of sp³-hybridized carbons (Fsp3) is 0.200. The molecule has 0 bridgehead atoms. The molecule has 1 N–H and O–H groups in total. The smallest absolute Gasteiger partial charge is 0.175 e. The van der Waals surface area contributed by atoms with E-state index in [0.717, 1.165) is 11.8 Å². The standard InChI is InChI=1S/C20H19FN4O2S/c1-12(2)25-19(8-9-22-25)15-10-17-18(11-16(15)21)24-20(23-17)13-4-6-14(7-5-13)28(3,26)27/h4-12H,1-3H3,(H,23,24). The van der Waals surface area contributed by atoms with E-state index in [-0.39, 0.29) is 16.8 Å². The Morgan fingerprint density at radius 3 is 2.46 bits per heavy atom. The zero-order valence-corrected chi connectivity index (χ0v) is 16.5. The van der Waals surface area contributed by atoms with Crippen LogP contribution in [0.4, 0.5) is 4.39 Å². The lowest BCUT2D eigenvalue weighted by molar-refractivity contribution is 0.535. The number of aromatic amines is 1. The van der Waals surface area contributed by atoms with E-state index >= 15 is 0 Å². The summed E-state index contributed by atoms with van der Waals surface area (Å²) < 4.78 is 39.8. The van der Waals surface area contributed by atoms with E-state index in [1.807, 2.05) is 13.8 Å². The monoisotopic (exact) mass is 398 g/mol. The molecule has 0 saturated carbocycles. The molecule has 0 aliphatic heterocycles. The summed E-state index contributed by atoms with van der Waals surface area (Å²) in [4.78, 5) is 7.88. The maximum absolute atomic E-state index is 14.8. The largest absolute Gasteiger partial charge is 0.338 e. The van der Waals surface area contributed by atoms with Gasteiger partial charge in [0.1, 0.15) is 11.6 Å². The van der Waals surface area contributed by atoms with Crippen molar-refractivity contribution in [1.82, 2.24) is 19.7 Å². The topological polar surface area (TPSA) is 80.6 Å². The van der Waals surface area contributed by atoms with Crippen molar-refractivity contribution in [3.8, 4) is 22.6 Å². The molecule has 0 radical (unpaired) electrons. The van der Waals surface area contributed by atoms with Crippen LogP contribution in [0.5, 0.6) is 0 Å². The Bertz CT molecular complexity index is 1270. The van der Waals surface area contributed by atoms with Crippen LogP contribution in [0.1, 0.15) is 19.9 Å². The summed E-state index contributed by atoms with van der Waals surface area (Å²) in [5.41, 5.74) is 3.05. The van der Waals surface area contributed by atoms with Crippen molar-refractivity contribution in [3.63, 3.8) is 0 Å². The van der Waals surface area contributed by atoms with Crippen LogP contribution in [0.3, 0.4) is 0 Å². The van der Waals surface area contributed by atoms with E-state index in [1.165, 1.54) is 18.2 Å². The quantitative estimate of drug-likeness (QED) is 0.558. The van der Waals surface area contributed by atoms with Gasteiger partial charge in [-0.2, -0.15) is 5.10 Å². The second kappa shape index (κ2) is 6.56. The number of hydrogen-bond donors (Lipinski definition) is 1. The van der Waals surface area contributed by atoms with Crippen LogP contribution >= 0.6 is 0 Å². The molecular weight excluding hydrogens is 379 g/mol. The number of fused-ring (bicyclic) bond motifs is 1. The van der Waals surface area contributed by atoms with E-state index in [0.29, 0.717) is 28.1 Å². The molecule has 144 valence electrons. The molecule has 0 atom stereocenters. The van der Waals surface area contributed by atoms with E-state index in [9.17, 15) is 12.8 Å². The number of sulfone groups is 1. The van der Waals surface area contributed by atoms with Gasteiger partial charge in [-0.15, -0.1) is 0 Å². The molecule has 2 aromatic carbocycles. The Labute approximate surface area is 162 Å². The van der Waals surface area contributed by atoms with Crippen LogP contribution in [0.15, 0.2) is 53.6 Å². The Kier molecular flexibility index (Phi) is 4.30. The van der Waals surface area contributed by atoms with Gasteiger partial charge in [-0.25, -0.2) is 17.8 Å². The highest BCUT2D eigenvalue weighted by Crippen LogP contribution is 2.30. The molecule has 0 amide bonds. The van der Waals surface area contributed by atoms with Gasteiger partial charge in [0, 0.05) is 35.7 Å². The Hall–Kier alpha value is -3.00. The molecule has 4 aromatic rings. The highest BCUT2D eigenvalue weighted by molar-refractivity contribution is 7.90. The van der Waals surface area contributed by atoms with Crippen molar-refractivity contribution in [2.75, 3.05) is 6.26 Å². The van der Waals surface area contributed by atoms with Crippen LogP contribution in [-0.4, -0.2) is 34.4 Å². The molecule has 28 heavy (non-hydrogen) atoms. The summed E-state index contributed by atoms with van der Waals surface area (Å²) in [7, 11) is -3.26. The molecule has 0 saturated heterocycles. The minimum atomic E-state index is -3.26. The number of H-pyrrole nitrogens is 1. The molecule has 2 aromatic heterocycles. The normalized spacial score (nSPS) is 12.2. The highest BCUT2D eigenvalue weighted by Gasteiger charge is 2.16. The average Bonchev–Trinajstić information content (AvgIpc) is 3.26. The Morgan fingerprint density at radius 2 is 1.82 bits per heavy atom. The number of hydrogen-bond acceptors (Lipinski definition) is 4. The van der Waals surface area contributed by atoms with Gasteiger partial charge in [-0.3, -0.25) is 4.68 Å². The maximum Gasteiger partial charge on any atom is 0.175 e. The molecular formula is C20H19FN4O2S. The molecule has 0 unspecified atom stereocenters. The molecule has 0 aliphatic rings. The summed E-state index contributed by atoms with van der Waals surface area (Å²) in [5.74, 6) is 0.171. The lowest BCUT2D eigenvalue weighted by atomic mass is 10.1. The van der Waals surface area contributed by atoms with Crippen LogP contribution in [-0.2, 0) is 9.84 Å². The van der Waals surface area contributed by atoms with Gasteiger partial charge in [0.15, 0.2) is 9.84 Å². The zero-order valence-electron chi connectivity index (χ0n) is 15.6. The van der Waals surface area contributed by atoms with E-state index < -0.39 is 9.84 Å². The van der Waals surface area contributed by atoms with Crippen molar-refractivity contribution in [1.29, 1.82) is 0 Å². The zero-order chi connectivity index (χ0) is 20.1. The fourth-order valence-electron chi connectivity index (χ4n) is 3.16. The van der Waals surface area contributed by atoms with Crippen LogP contribution in [0.2, 0.25) is 0 Å². The third-order valence-corrected chi connectivity index (χ3v) is 5.69. The van der Waals surface area contributed by atoms with Crippen molar-refractivity contribution in [2.24, 2.45) is 0 Å². The molecule has 2 heterocycles. The van der Waals surface area contributed by atoms with Crippen molar-refractivity contribution in [3.05, 3.63) is 54.5 Å². The third-order valence-electron chi connectivity index (χ3n) is 4.56. The van der Waals surface area contributed by atoms with E-state index in [2.05, 4.69) is 15.1 Å². The van der Waals surface area contributed by atoms with Crippen molar-refractivity contribution < 1.29 is 12.8 Å². The Morgan fingerprint density at radius 1 is 1.11 bits per heavy atom. The van der Waals surface area contributed by atoms with Crippen LogP contribution in [0, 0.1) is 5.82 Å². The maximum atomic E-state index is 14.8. The van der Waals surface area contributed by atoms with Crippen molar-refractivity contribution >= 4 is 20.9 Å². The number of benzene rings is 2. The number of imidazole rings is 1. The first-order valence-electron chi connectivity index (χ1n) is 8.77. The van der Waals surface area contributed by atoms with Gasteiger partial charge in [0.25, 0.3) is 0 Å². The first-order valence-corrected chi connectivity index (χ1v) is 10.7. The minimum Gasteiger partial charge on any atom is -0.338 e. The number of halogens is 1. The van der Waals surface area contributed by atoms with Crippen LogP contribution < -0.4 is 0 Å². The van der Waals surface area contributed by atoms with Gasteiger partial charge in [-0.1, -0.05) is 0 Å². The Balaban J connectivity index is 1.79. The number of aromatic nitrogens is 4. The molecule has 8 heteroatoms. The predicted molar refractivity (Wildman–Crippen MR) is 106 cm³/mol. The molecule has 0 fully saturated rings. The molecule has 6 nitrogen and oxygen atoms in total. The summed E-state index contributed by atoms with van der Waals surface area (Å²) in [6.45, 7) is 3.98. The van der Waals surface area contributed by atoms with Gasteiger partial charge in [-0.05, 0) is 50.2 Å². The minimum absolute atomic E-state index is 0.103. The molecule has 4 rings (SSSR count). The van der Waals surface area contributed by atoms with Crippen molar-refractivity contribution in [2.45, 2.75) is 24.8 Å². The first-order chi connectivity index (χ1) is 13.2. The van der Waals surface area contributed by atoms with E-state index in [4.69, 9.17) is 0 Å². The lowest BCUT2D eigenvalue weighted by Crippen LogP contribution is -2.05. The van der Waals surface area contributed by atoms with Gasteiger partial charge in [0.05, 0.1) is 21.6 Å². The summed E-state index contributed by atoms with van der Waals surface area (Å²) >= 11 is 0. The number of nitrogens with zero attached hydrogens (tertiary/aromatic N) is 3. The van der Waals surface area contributed by atoms with E-state index in [1.54, 1.807) is 35.1 Å². The molecule has 0 spiro atoms. The summed E-state index contributed by atoms with van der Waals surface area (Å²) in [6.07, 6.45) is 2.82. The first kappa shape index (κ1) is 18.4. The average molecular weight is 398 g/mol. The third kappa shape index (κ3) is 3.20. The number of nitrogens with one attached hydrogen (secondary N) is 1. The van der Waals surface area contributed by atoms with Crippen LogP contribution in [0.25, 0.3) is 33.7 Å². The van der Waals surface area contributed by atoms with Gasteiger partial charge >= 0.3 is 0 Å². The fourth-order valence-corrected chi connectivity index (χ4v) is 3.79. The van der Waals surface area contributed by atoms with Gasteiger partial charge in [0.2, 0.25) is 0 Å². The number of rotatable bonds is 4. The highest BCUT2D eigenvalue weighted by atomic mass is 32.2. The lowest BCUT2D eigenvalue weighted by Gasteiger charge is -2.11. The molecule has 0 aliphatic carbocycles. The van der Waals surface area contributed by atoms with Gasteiger partial charge < -0.3 is 4.98 Å². The second-order valence-electron chi connectivity index (χ2n) is 6.99. The SMILES string of the molecule is CC(C)n1nccc1-c1cc2[nH]c(-c3ccc(S(C)(=O)=O)cc3)nc2cc1F. The second-order valence-corrected chi connectivity index (χ2v) is 9.00. The predicted octanol–water partition coefficient (Wildman–Crippen LogP) is 4.22.